The minimum atomic E-state index is 0.153. The zero-order valence-electron chi connectivity index (χ0n) is 10.5. The van der Waals surface area contributed by atoms with E-state index in [0.717, 1.165) is 51.4 Å². The van der Waals surface area contributed by atoms with E-state index in [1.54, 1.807) is 0 Å². The number of carbonyl (C=O) groups excluding carboxylic acids is 1. The molecule has 2 N–H and O–H groups in total. The Morgan fingerprint density at radius 2 is 2.29 bits per heavy atom. The summed E-state index contributed by atoms with van der Waals surface area (Å²) in [7, 11) is 0. The summed E-state index contributed by atoms with van der Waals surface area (Å²) in [6, 6.07) is 0. The van der Waals surface area contributed by atoms with E-state index >= 15 is 0 Å². The van der Waals surface area contributed by atoms with Gasteiger partial charge in [-0.05, 0) is 51.1 Å². The lowest BCUT2D eigenvalue weighted by Gasteiger charge is -2.22. The van der Waals surface area contributed by atoms with Crippen molar-refractivity contribution in [2.45, 2.75) is 44.6 Å². The van der Waals surface area contributed by atoms with E-state index in [2.05, 4.69) is 10.6 Å². The van der Waals surface area contributed by atoms with E-state index in [-0.39, 0.29) is 12.0 Å². The van der Waals surface area contributed by atoms with Crippen LogP contribution in [0.3, 0.4) is 0 Å². The molecule has 2 fully saturated rings. The maximum absolute atomic E-state index is 11.6. The SMILES string of the molecule is O=C(CC1CCCO1)NCCC1CCCNC1. The third kappa shape index (κ3) is 4.64. The smallest absolute Gasteiger partial charge is 0.222 e. The van der Waals surface area contributed by atoms with E-state index in [0.29, 0.717) is 6.42 Å². The molecule has 2 aliphatic rings. The average Bonchev–Trinajstić information content (AvgIpc) is 2.83. The first-order chi connectivity index (χ1) is 8.34. The van der Waals surface area contributed by atoms with Gasteiger partial charge in [0.1, 0.15) is 0 Å². The zero-order chi connectivity index (χ0) is 11.9. The van der Waals surface area contributed by atoms with Gasteiger partial charge in [0.15, 0.2) is 0 Å². The molecule has 17 heavy (non-hydrogen) atoms. The number of ether oxygens (including phenoxy) is 1. The fourth-order valence-electron chi connectivity index (χ4n) is 2.67. The summed E-state index contributed by atoms with van der Waals surface area (Å²) in [4.78, 5) is 11.6. The molecule has 0 saturated carbocycles. The monoisotopic (exact) mass is 240 g/mol. The normalized spacial score (nSPS) is 29.2. The maximum atomic E-state index is 11.6. The summed E-state index contributed by atoms with van der Waals surface area (Å²) in [5, 5.41) is 6.41. The van der Waals surface area contributed by atoms with Crippen molar-refractivity contribution < 1.29 is 9.53 Å². The first kappa shape index (κ1) is 12.8. The van der Waals surface area contributed by atoms with E-state index < -0.39 is 0 Å². The molecule has 2 rings (SSSR count). The molecule has 2 aliphatic heterocycles. The standard InChI is InChI=1S/C13H24N2O2/c16-13(9-12-4-2-8-17-12)15-7-5-11-3-1-6-14-10-11/h11-12,14H,1-10H2,(H,15,16). The molecule has 1 amide bonds. The van der Waals surface area contributed by atoms with E-state index in [4.69, 9.17) is 4.74 Å². The molecule has 0 bridgehead atoms. The maximum Gasteiger partial charge on any atom is 0.222 e. The first-order valence-corrected chi connectivity index (χ1v) is 6.93. The third-order valence-corrected chi connectivity index (χ3v) is 3.71. The van der Waals surface area contributed by atoms with Gasteiger partial charge in [-0.3, -0.25) is 4.79 Å². The summed E-state index contributed by atoms with van der Waals surface area (Å²) in [5.74, 6) is 0.896. The van der Waals surface area contributed by atoms with Crippen molar-refractivity contribution >= 4 is 5.91 Å². The highest BCUT2D eigenvalue weighted by Crippen LogP contribution is 2.15. The number of piperidine rings is 1. The van der Waals surface area contributed by atoms with Crippen molar-refractivity contribution in [3.05, 3.63) is 0 Å². The molecule has 0 aromatic carbocycles. The minimum absolute atomic E-state index is 0.153. The van der Waals surface area contributed by atoms with Crippen LogP contribution in [0.5, 0.6) is 0 Å². The second-order valence-corrected chi connectivity index (χ2v) is 5.19. The number of hydrogen-bond acceptors (Lipinski definition) is 3. The first-order valence-electron chi connectivity index (χ1n) is 6.93. The second-order valence-electron chi connectivity index (χ2n) is 5.19. The summed E-state index contributed by atoms with van der Waals surface area (Å²) < 4.78 is 5.45. The van der Waals surface area contributed by atoms with Gasteiger partial charge >= 0.3 is 0 Å². The zero-order valence-corrected chi connectivity index (χ0v) is 10.5. The largest absolute Gasteiger partial charge is 0.378 e. The Morgan fingerprint density at radius 3 is 3.00 bits per heavy atom. The van der Waals surface area contributed by atoms with Crippen molar-refractivity contribution in [3.8, 4) is 0 Å². The van der Waals surface area contributed by atoms with Gasteiger partial charge in [-0.25, -0.2) is 0 Å². The summed E-state index contributed by atoms with van der Waals surface area (Å²) in [6.45, 7) is 3.91. The van der Waals surface area contributed by atoms with Crippen molar-refractivity contribution in [3.63, 3.8) is 0 Å². The quantitative estimate of drug-likeness (QED) is 0.755. The van der Waals surface area contributed by atoms with Crippen molar-refractivity contribution in [1.82, 2.24) is 10.6 Å². The average molecular weight is 240 g/mol. The Balaban J connectivity index is 1.53. The highest BCUT2D eigenvalue weighted by molar-refractivity contribution is 5.76. The fraction of sp³-hybridized carbons (Fsp3) is 0.923. The molecule has 2 unspecified atom stereocenters. The molecule has 4 nitrogen and oxygen atoms in total. The van der Waals surface area contributed by atoms with Crippen LogP contribution in [0.25, 0.3) is 0 Å². The molecule has 0 radical (unpaired) electrons. The van der Waals surface area contributed by atoms with Gasteiger partial charge in [-0.15, -0.1) is 0 Å². The lowest BCUT2D eigenvalue weighted by molar-refractivity contribution is -0.123. The van der Waals surface area contributed by atoms with Gasteiger partial charge < -0.3 is 15.4 Å². The lowest BCUT2D eigenvalue weighted by atomic mass is 9.96. The van der Waals surface area contributed by atoms with Crippen molar-refractivity contribution in [2.24, 2.45) is 5.92 Å². The Morgan fingerprint density at radius 1 is 1.35 bits per heavy atom. The van der Waals surface area contributed by atoms with E-state index in [9.17, 15) is 4.79 Å². The Labute approximate surface area is 103 Å². The predicted octanol–water partition coefficient (Wildman–Crippen LogP) is 1.06. The summed E-state index contributed by atoms with van der Waals surface area (Å²) >= 11 is 0. The minimum Gasteiger partial charge on any atom is -0.378 e. The lowest BCUT2D eigenvalue weighted by Crippen LogP contribution is -2.34. The van der Waals surface area contributed by atoms with Crippen LogP contribution in [0.4, 0.5) is 0 Å². The van der Waals surface area contributed by atoms with Gasteiger partial charge in [0.05, 0.1) is 12.5 Å². The Kier molecular flexibility index (Phi) is 5.26. The van der Waals surface area contributed by atoms with Crippen LogP contribution >= 0.6 is 0 Å². The third-order valence-electron chi connectivity index (χ3n) is 3.71. The highest BCUT2D eigenvalue weighted by Gasteiger charge is 2.19. The summed E-state index contributed by atoms with van der Waals surface area (Å²) in [5.41, 5.74) is 0. The predicted molar refractivity (Wildman–Crippen MR) is 66.8 cm³/mol. The molecular formula is C13H24N2O2. The number of amides is 1. The van der Waals surface area contributed by atoms with Crippen molar-refractivity contribution in [1.29, 1.82) is 0 Å². The van der Waals surface area contributed by atoms with Gasteiger partial charge in [-0.1, -0.05) is 0 Å². The van der Waals surface area contributed by atoms with Crippen LogP contribution in [0.2, 0.25) is 0 Å². The molecule has 2 atom stereocenters. The van der Waals surface area contributed by atoms with Gasteiger partial charge in [0.2, 0.25) is 5.91 Å². The molecule has 2 saturated heterocycles. The molecule has 0 spiro atoms. The van der Waals surface area contributed by atoms with E-state index in [1.807, 2.05) is 0 Å². The van der Waals surface area contributed by atoms with Crippen LogP contribution in [0.1, 0.15) is 38.5 Å². The molecule has 0 aromatic heterocycles. The number of carbonyl (C=O) groups is 1. The topological polar surface area (TPSA) is 50.4 Å². The van der Waals surface area contributed by atoms with Crippen LogP contribution < -0.4 is 10.6 Å². The number of rotatable bonds is 5. The fourth-order valence-corrected chi connectivity index (χ4v) is 2.67. The highest BCUT2D eigenvalue weighted by atomic mass is 16.5. The van der Waals surface area contributed by atoms with Crippen LogP contribution in [-0.2, 0) is 9.53 Å². The van der Waals surface area contributed by atoms with Crippen molar-refractivity contribution in [2.75, 3.05) is 26.2 Å². The van der Waals surface area contributed by atoms with E-state index in [1.165, 1.54) is 12.8 Å². The van der Waals surface area contributed by atoms with Gasteiger partial charge in [-0.2, -0.15) is 0 Å². The van der Waals surface area contributed by atoms with Gasteiger partial charge in [0, 0.05) is 13.2 Å². The Bertz CT molecular complexity index is 234. The molecule has 2 heterocycles. The second kappa shape index (κ2) is 6.97. The molecule has 0 aliphatic carbocycles. The molecule has 4 heteroatoms. The van der Waals surface area contributed by atoms with Crippen LogP contribution in [0, 0.1) is 5.92 Å². The van der Waals surface area contributed by atoms with Crippen LogP contribution in [0.15, 0.2) is 0 Å². The number of nitrogens with one attached hydrogen (secondary N) is 2. The number of hydrogen-bond donors (Lipinski definition) is 2. The molecule has 0 aromatic rings. The molecular weight excluding hydrogens is 216 g/mol. The summed E-state index contributed by atoms with van der Waals surface area (Å²) in [6.07, 6.45) is 6.54. The van der Waals surface area contributed by atoms with Crippen LogP contribution in [-0.4, -0.2) is 38.3 Å². The Hall–Kier alpha value is -0.610. The molecule has 98 valence electrons. The van der Waals surface area contributed by atoms with Gasteiger partial charge in [0.25, 0.3) is 0 Å².